The zero-order valence-electron chi connectivity index (χ0n) is 28.5. The van der Waals surface area contributed by atoms with Crippen molar-refractivity contribution < 1.29 is 62.8 Å². The summed E-state index contributed by atoms with van der Waals surface area (Å²) in [6.45, 7) is 0. The van der Waals surface area contributed by atoms with Crippen molar-refractivity contribution in [3.63, 3.8) is 0 Å². The maximum atomic E-state index is 11.8. The monoisotopic (exact) mass is 824 g/mol. The Morgan fingerprint density at radius 1 is 0.407 bits per heavy atom. The van der Waals surface area contributed by atoms with Crippen LogP contribution in [0.3, 0.4) is 0 Å². The van der Waals surface area contributed by atoms with Gasteiger partial charge < -0.3 is 10.2 Å². The Hall–Kier alpha value is -5.18. The molecule has 0 aromatic heterocycles. The third kappa shape index (κ3) is 8.95. The molecular formula is C44H32F6O2SiZr. The molecule has 2 N–H and O–H groups in total. The zero-order valence-corrected chi connectivity index (χ0v) is 31.9. The Morgan fingerprint density at radius 3 is 1.04 bits per heavy atom. The van der Waals surface area contributed by atoms with Gasteiger partial charge in [0.15, 0.2) is 0 Å². The molecule has 8 rings (SSSR count). The van der Waals surface area contributed by atoms with Crippen LogP contribution in [0.1, 0.15) is 11.1 Å². The van der Waals surface area contributed by atoms with Crippen molar-refractivity contribution in [1.82, 2.24) is 0 Å². The van der Waals surface area contributed by atoms with Crippen LogP contribution in [0.25, 0.3) is 21.5 Å². The van der Waals surface area contributed by atoms with Gasteiger partial charge in [0.1, 0.15) is 19.6 Å². The van der Waals surface area contributed by atoms with Crippen LogP contribution in [-0.4, -0.2) is 18.3 Å². The van der Waals surface area contributed by atoms with E-state index in [9.17, 15) is 26.3 Å². The summed E-state index contributed by atoms with van der Waals surface area (Å²) in [6.07, 6.45) is -8.65. The summed E-state index contributed by atoms with van der Waals surface area (Å²) in [5.74, 6) is -0.337. The number of hydrogen-bond donors (Lipinski definition) is 2. The third-order valence-corrected chi connectivity index (χ3v) is 13.6. The van der Waals surface area contributed by atoms with Gasteiger partial charge >= 0.3 is 38.6 Å². The van der Waals surface area contributed by atoms with Crippen LogP contribution in [0.5, 0.6) is 11.5 Å². The van der Waals surface area contributed by atoms with Crippen molar-refractivity contribution in [2.45, 2.75) is 12.4 Å². The van der Waals surface area contributed by atoms with Crippen LogP contribution in [0.15, 0.2) is 182 Å². The van der Waals surface area contributed by atoms with Gasteiger partial charge in [-0.15, -0.1) is 69.7 Å². The molecule has 270 valence electrons. The molecule has 0 aliphatic rings. The fraction of sp³-hybridized carbons (Fsp3) is 0.0455. The second-order valence-electron chi connectivity index (χ2n) is 12.3. The Balaban J connectivity index is 0.000000201. The second-order valence-corrected chi connectivity index (χ2v) is 16.1. The van der Waals surface area contributed by atoms with Crippen LogP contribution in [0.2, 0.25) is 0 Å². The Kier molecular flexibility index (Phi) is 12.5. The standard InChI is InChI=1S/C30H22Si.2C7H5F3O.Zr/c1-3-15-27(16-4-1)31(28-17-5-2-6-18-28,29-19-23-11-7-8-12-24(23)20-29)30-21-25-13-9-10-14-26(25)22-30;2*8-7(9,10)5-1-3-6(11)4-2-5;/h1-22H;2*1-4,11H;/q-2;;;+2. The number of hydrogen-bond acceptors (Lipinski definition) is 2. The molecule has 0 spiro atoms. The van der Waals surface area contributed by atoms with Gasteiger partial charge in [-0.05, 0) is 58.9 Å². The van der Waals surface area contributed by atoms with Crippen LogP contribution in [0.4, 0.5) is 26.3 Å². The van der Waals surface area contributed by atoms with Crippen molar-refractivity contribution in [2.24, 2.45) is 0 Å². The van der Waals surface area contributed by atoms with Crippen LogP contribution >= 0.6 is 0 Å². The summed E-state index contributed by atoms with van der Waals surface area (Å²) in [5.41, 5.74) is -1.51. The average Bonchev–Trinajstić information content (AvgIpc) is 3.78. The Labute approximate surface area is 328 Å². The van der Waals surface area contributed by atoms with E-state index in [0.29, 0.717) is 0 Å². The van der Waals surface area contributed by atoms with E-state index >= 15 is 0 Å². The number of fused-ring (bicyclic) bond motifs is 2. The first-order valence-electron chi connectivity index (χ1n) is 16.5. The van der Waals surface area contributed by atoms with E-state index in [1.54, 1.807) is 0 Å². The van der Waals surface area contributed by atoms with Crippen molar-refractivity contribution in [3.05, 3.63) is 193 Å². The van der Waals surface area contributed by atoms with Crippen LogP contribution in [0, 0.1) is 0 Å². The fourth-order valence-electron chi connectivity index (χ4n) is 6.41. The van der Waals surface area contributed by atoms with Crippen LogP contribution in [-0.2, 0) is 38.6 Å². The number of phenols is 2. The normalized spacial score (nSPS) is 11.5. The number of rotatable bonds is 4. The van der Waals surface area contributed by atoms with Crippen molar-refractivity contribution in [3.8, 4) is 11.5 Å². The summed E-state index contributed by atoms with van der Waals surface area (Å²) in [5, 5.41) is 28.3. The molecule has 0 unspecified atom stereocenters. The summed E-state index contributed by atoms with van der Waals surface area (Å²) < 4.78 is 71.0. The molecule has 0 bridgehead atoms. The minimum Gasteiger partial charge on any atom is -0.508 e. The molecule has 0 atom stereocenters. The van der Waals surface area contributed by atoms with Gasteiger partial charge in [0.05, 0.1) is 11.1 Å². The smallest absolute Gasteiger partial charge is 0.508 e. The van der Waals surface area contributed by atoms with E-state index in [1.807, 2.05) is 0 Å². The number of aromatic hydroxyl groups is 2. The molecule has 0 aliphatic heterocycles. The average molecular weight is 826 g/mol. The number of alkyl halides is 6. The van der Waals surface area contributed by atoms with Crippen molar-refractivity contribution in [1.29, 1.82) is 0 Å². The second kappa shape index (κ2) is 16.9. The number of phenolic OH excluding ortho intramolecular Hbond substituents is 2. The van der Waals surface area contributed by atoms with Gasteiger partial charge in [-0.2, -0.15) is 49.2 Å². The van der Waals surface area contributed by atoms with Crippen molar-refractivity contribution in [2.75, 3.05) is 0 Å². The topological polar surface area (TPSA) is 40.5 Å². The summed E-state index contributed by atoms with van der Waals surface area (Å²) in [4.78, 5) is 0. The predicted molar refractivity (Wildman–Crippen MR) is 202 cm³/mol. The molecule has 54 heavy (non-hydrogen) atoms. The van der Waals surface area contributed by atoms with E-state index in [4.69, 9.17) is 10.2 Å². The number of benzene rings is 6. The number of halogens is 6. The molecule has 8 aromatic carbocycles. The largest absolute Gasteiger partial charge is 2.00 e. The minimum absolute atomic E-state index is 0. The summed E-state index contributed by atoms with van der Waals surface area (Å²) in [7, 11) is -2.47. The minimum atomic E-state index is -4.33. The molecule has 0 saturated carbocycles. The maximum Gasteiger partial charge on any atom is 2.00 e. The molecule has 0 radical (unpaired) electrons. The Morgan fingerprint density at radius 2 is 0.722 bits per heavy atom. The van der Waals surface area contributed by atoms with Gasteiger partial charge in [0.25, 0.3) is 0 Å². The van der Waals surface area contributed by atoms with E-state index in [1.165, 1.54) is 42.3 Å². The van der Waals surface area contributed by atoms with E-state index in [-0.39, 0.29) is 37.7 Å². The van der Waals surface area contributed by atoms with Gasteiger partial charge in [0.2, 0.25) is 0 Å². The van der Waals surface area contributed by atoms with E-state index in [2.05, 4.69) is 133 Å². The fourth-order valence-corrected chi connectivity index (χ4v) is 11.3. The van der Waals surface area contributed by atoms with E-state index in [0.717, 1.165) is 48.5 Å². The molecule has 0 amide bonds. The third-order valence-electron chi connectivity index (χ3n) is 8.90. The first kappa shape index (κ1) is 40.0. The molecule has 0 saturated heterocycles. The molecule has 0 fully saturated rings. The molecule has 0 heterocycles. The molecular weight excluding hydrogens is 794 g/mol. The molecule has 2 nitrogen and oxygen atoms in total. The van der Waals surface area contributed by atoms with Crippen LogP contribution < -0.4 is 20.7 Å². The zero-order chi connectivity index (χ0) is 37.6. The molecule has 10 heteroatoms. The molecule has 8 aromatic rings. The SMILES string of the molecule is Oc1ccc(C(F)(F)F)cc1.Oc1ccc(C(F)(F)F)cc1.[Zr+2].c1ccc([Si](c2ccccc2)(c2cc3ccccc3[cH-]2)c2cc3ccccc3[cH-]2)cc1. The molecule has 0 aliphatic carbocycles. The first-order chi connectivity index (χ1) is 25.4. The first-order valence-corrected chi connectivity index (χ1v) is 18.5. The summed E-state index contributed by atoms with van der Waals surface area (Å²) in [6, 6.07) is 56.8. The van der Waals surface area contributed by atoms with Gasteiger partial charge in [-0.3, -0.25) is 0 Å². The maximum absolute atomic E-state index is 11.8. The van der Waals surface area contributed by atoms with Gasteiger partial charge in [0, 0.05) is 0 Å². The summed E-state index contributed by atoms with van der Waals surface area (Å²) >= 11 is 0. The van der Waals surface area contributed by atoms with Crippen molar-refractivity contribution >= 4 is 50.4 Å². The Bertz CT molecular complexity index is 2150. The predicted octanol–water partition coefficient (Wildman–Crippen LogP) is 9.63. The van der Waals surface area contributed by atoms with Gasteiger partial charge in [-0.1, -0.05) is 72.8 Å². The van der Waals surface area contributed by atoms with E-state index < -0.39 is 31.6 Å². The quantitative estimate of drug-likeness (QED) is 0.106. The van der Waals surface area contributed by atoms with Gasteiger partial charge in [-0.25, -0.2) is 0 Å².